The molecule has 1 N–H and O–H groups in total. The summed E-state index contributed by atoms with van der Waals surface area (Å²) in [6.45, 7) is 7.24. The first-order chi connectivity index (χ1) is 16.9. The fourth-order valence-electron chi connectivity index (χ4n) is 4.88. The zero-order valence-electron chi connectivity index (χ0n) is 20.5. The number of methoxy groups -OCH3 is 1. The van der Waals surface area contributed by atoms with Crippen LogP contribution >= 0.6 is 0 Å². The molecule has 4 rings (SSSR count). The molecular formula is C27H31N5O3. The van der Waals surface area contributed by atoms with Crippen molar-refractivity contribution in [2.75, 3.05) is 26.7 Å². The maximum Gasteiger partial charge on any atom is 0.272 e. The summed E-state index contributed by atoms with van der Waals surface area (Å²) < 4.78 is 5.38. The third-order valence-electron chi connectivity index (χ3n) is 7.01. The van der Waals surface area contributed by atoms with Crippen LogP contribution in [0.15, 0.2) is 36.5 Å². The van der Waals surface area contributed by atoms with Crippen LogP contribution < -0.4 is 10.1 Å². The van der Waals surface area contributed by atoms with Crippen molar-refractivity contribution in [3.63, 3.8) is 0 Å². The highest BCUT2D eigenvalue weighted by atomic mass is 16.6. The number of ether oxygens (including phenoxy) is 1. The summed E-state index contributed by atoms with van der Waals surface area (Å²) >= 11 is 0. The first kappa shape index (κ1) is 24.6. The lowest BCUT2D eigenvalue weighted by Crippen LogP contribution is -2.43. The second kappa shape index (κ2) is 10.8. The first-order valence-electron chi connectivity index (χ1n) is 12.0. The van der Waals surface area contributed by atoms with Crippen molar-refractivity contribution >= 4 is 16.6 Å². The Morgan fingerprint density at radius 2 is 2.00 bits per heavy atom. The highest BCUT2D eigenvalue weighted by molar-refractivity contribution is 5.85. The lowest BCUT2D eigenvalue weighted by Gasteiger charge is -2.32. The molecule has 0 aliphatic carbocycles. The van der Waals surface area contributed by atoms with Crippen LogP contribution in [0.3, 0.4) is 0 Å². The number of benzene rings is 2. The fraction of sp³-hybridized carbons (Fsp3) is 0.407. The Kier molecular flexibility index (Phi) is 7.59. The molecule has 0 atom stereocenters. The lowest BCUT2D eigenvalue weighted by atomic mass is 9.99. The summed E-state index contributed by atoms with van der Waals surface area (Å²) in [5, 5.41) is 25.5. The zero-order chi connectivity index (χ0) is 24.9. The third-order valence-corrected chi connectivity index (χ3v) is 7.01. The van der Waals surface area contributed by atoms with Gasteiger partial charge in [0.25, 0.3) is 5.69 Å². The largest absolute Gasteiger partial charge is 0.497 e. The number of aryl methyl sites for hydroxylation is 2. The van der Waals surface area contributed by atoms with Crippen molar-refractivity contribution < 1.29 is 9.66 Å². The molecule has 0 spiro atoms. The first-order valence-corrected chi connectivity index (χ1v) is 12.0. The van der Waals surface area contributed by atoms with Gasteiger partial charge < -0.3 is 15.0 Å². The maximum absolute atomic E-state index is 11.3. The second-order valence-corrected chi connectivity index (χ2v) is 9.21. The van der Waals surface area contributed by atoms with Crippen LogP contribution in [0.4, 0.5) is 5.69 Å². The van der Waals surface area contributed by atoms with Gasteiger partial charge in [0.1, 0.15) is 11.8 Å². The molecule has 0 radical (unpaired) electrons. The van der Waals surface area contributed by atoms with Gasteiger partial charge in [-0.15, -0.1) is 0 Å². The van der Waals surface area contributed by atoms with E-state index in [1.807, 2.05) is 31.2 Å². The Hall–Kier alpha value is -3.54. The van der Waals surface area contributed by atoms with E-state index in [2.05, 4.69) is 21.3 Å². The molecule has 35 heavy (non-hydrogen) atoms. The van der Waals surface area contributed by atoms with E-state index in [4.69, 9.17) is 4.74 Å². The number of nitriles is 1. The number of rotatable bonds is 8. The van der Waals surface area contributed by atoms with E-state index < -0.39 is 0 Å². The third kappa shape index (κ3) is 5.59. The number of nitro groups is 1. The minimum Gasteiger partial charge on any atom is -0.497 e. The molecule has 1 aromatic heterocycles. The molecular weight excluding hydrogens is 442 g/mol. The van der Waals surface area contributed by atoms with Crippen LogP contribution in [0.5, 0.6) is 5.75 Å². The summed E-state index contributed by atoms with van der Waals surface area (Å²) in [7, 11) is 1.64. The molecule has 0 amide bonds. The average molecular weight is 474 g/mol. The number of likely N-dealkylation sites (tertiary alicyclic amines) is 1. The Morgan fingerprint density at radius 1 is 1.23 bits per heavy atom. The van der Waals surface area contributed by atoms with E-state index >= 15 is 0 Å². The number of piperidine rings is 1. The van der Waals surface area contributed by atoms with Gasteiger partial charge in [0.15, 0.2) is 0 Å². The number of pyridine rings is 1. The number of fused-ring (bicyclic) bond motifs is 1. The predicted octanol–water partition coefficient (Wildman–Crippen LogP) is 4.44. The fourth-order valence-corrected chi connectivity index (χ4v) is 4.88. The molecule has 2 aromatic carbocycles. The summed E-state index contributed by atoms with van der Waals surface area (Å²) in [5.41, 5.74) is 5.44. The van der Waals surface area contributed by atoms with E-state index in [0.29, 0.717) is 23.7 Å². The van der Waals surface area contributed by atoms with Crippen LogP contribution in [0, 0.1) is 35.3 Å². The minimum absolute atomic E-state index is 0.181. The maximum atomic E-state index is 11.3. The predicted molar refractivity (Wildman–Crippen MR) is 136 cm³/mol. The van der Waals surface area contributed by atoms with Gasteiger partial charge in [-0.25, -0.2) is 0 Å². The molecule has 0 bridgehead atoms. The van der Waals surface area contributed by atoms with Gasteiger partial charge >= 0.3 is 0 Å². The van der Waals surface area contributed by atoms with Gasteiger partial charge in [-0.05, 0) is 87.2 Å². The van der Waals surface area contributed by atoms with Crippen molar-refractivity contribution in [1.82, 2.24) is 15.2 Å². The van der Waals surface area contributed by atoms with Crippen LogP contribution in [0.25, 0.3) is 10.9 Å². The molecule has 0 unspecified atom stereocenters. The van der Waals surface area contributed by atoms with E-state index in [0.717, 1.165) is 72.2 Å². The summed E-state index contributed by atoms with van der Waals surface area (Å²) in [5.74, 6) is 0.761. The van der Waals surface area contributed by atoms with Gasteiger partial charge in [0.05, 0.1) is 23.1 Å². The Bertz CT molecular complexity index is 1280. The molecule has 1 aliphatic rings. The van der Waals surface area contributed by atoms with Gasteiger partial charge in [-0.3, -0.25) is 15.1 Å². The quantitative estimate of drug-likeness (QED) is 0.381. The number of hydrogen-bond donors (Lipinski definition) is 1. The van der Waals surface area contributed by atoms with E-state index in [9.17, 15) is 15.4 Å². The highest BCUT2D eigenvalue weighted by Crippen LogP contribution is 2.26. The molecule has 0 saturated carbocycles. The molecule has 8 nitrogen and oxygen atoms in total. The van der Waals surface area contributed by atoms with Crippen LogP contribution in [-0.4, -0.2) is 47.6 Å². The molecule has 2 heterocycles. The molecule has 1 saturated heterocycles. The van der Waals surface area contributed by atoms with Gasteiger partial charge in [0, 0.05) is 42.3 Å². The number of aromatic nitrogens is 1. The van der Waals surface area contributed by atoms with E-state index in [1.54, 1.807) is 26.3 Å². The minimum atomic E-state index is -0.309. The van der Waals surface area contributed by atoms with Crippen molar-refractivity contribution in [3.8, 4) is 11.8 Å². The summed E-state index contributed by atoms with van der Waals surface area (Å²) in [6.07, 6.45) is 4.48. The lowest BCUT2D eigenvalue weighted by molar-refractivity contribution is -0.385. The van der Waals surface area contributed by atoms with Crippen molar-refractivity contribution in [2.24, 2.45) is 0 Å². The number of nitrogens with zero attached hydrogens (tertiary/aromatic N) is 4. The Labute approximate surface area is 205 Å². The van der Waals surface area contributed by atoms with Crippen LogP contribution in [0.1, 0.15) is 40.7 Å². The van der Waals surface area contributed by atoms with Crippen molar-refractivity contribution in [1.29, 1.82) is 5.26 Å². The Morgan fingerprint density at radius 3 is 2.69 bits per heavy atom. The second-order valence-electron chi connectivity index (χ2n) is 9.21. The monoisotopic (exact) mass is 473 g/mol. The standard InChI is InChI=1S/C27H31N5O3/c1-18-12-19(2)27(32(33)34)13-20(18)16-29-22-6-9-31(10-7-22)11-8-24-21(15-28)17-30-26-5-4-23(35-3)14-25(24)26/h4-5,12-14,17,22,29H,6-11,16H2,1-3H3. The summed E-state index contributed by atoms with van der Waals surface area (Å²) in [6, 6.07) is 12.1. The van der Waals surface area contributed by atoms with Crippen LogP contribution in [-0.2, 0) is 13.0 Å². The zero-order valence-corrected chi connectivity index (χ0v) is 20.5. The molecule has 3 aromatic rings. The summed E-state index contributed by atoms with van der Waals surface area (Å²) in [4.78, 5) is 17.8. The van der Waals surface area contributed by atoms with E-state index in [-0.39, 0.29) is 10.6 Å². The average Bonchev–Trinajstić information content (AvgIpc) is 2.86. The van der Waals surface area contributed by atoms with E-state index in [1.165, 1.54) is 0 Å². The topological polar surface area (TPSA) is 104 Å². The number of hydrogen-bond acceptors (Lipinski definition) is 7. The highest BCUT2D eigenvalue weighted by Gasteiger charge is 2.21. The van der Waals surface area contributed by atoms with Crippen molar-refractivity contribution in [2.45, 2.75) is 45.7 Å². The molecule has 8 heteroatoms. The Balaban J connectivity index is 1.34. The van der Waals surface area contributed by atoms with Gasteiger partial charge in [0.2, 0.25) is 0 Å². The van der Waals surface area contributed by atoms with Crippen LogP contribution in [0.2, 0.25) is 0 Å². The van der Waals surface area contributed by atoms with Gasteiger partial charge in [-0.2, -0.15) is 5.26 Å². The van der Waals surface area contributed by atoms with Gasteiger partial charge in [-0.1, -0.05) is 0 Å². The molecule has 182 valence electrons. The van der Waals surface area contributed by atoms with Crippen molar-refractivity contribution in [3.05, 3.63) is 74.5 Å². The number of nitro benzene ring substituents is 1. The SMILES string of the molecule is COc1ccc2ncc(C#N)c(CCN3CCC(NCc4cc([N+](=O)[O-])c(C)cc4C)CC3)c2c1. The molecule has 1 aliphatic heterocycles. The number of nitrogens with one attached hydrogen (secondary N) is 1. The normalized spacial score (nSPS) is 14.7. The smallest absolute Gasteiger partial charge is 0.272 e. The molecule has 1 fully saturated rings.